The summed E-state index contributed by atoms with van der Waals surface area (Å²) in [4.78, 5) is 25.1. The normalized spacial score (nSPS) is 14.5. The molecule has 0 saturated carbocycles. The highest BCUT2D eigenvalue weighted by atomic mass is 32.2. The zero-order valence-electron chi connectivity index (χ0n) is 17.9. The SMILES string of the molecule is COc1ccc(NC(=O)c2ccc(NC(=O)c3cccc(N4CCCS4(=O)=O)c3)cc2)cc1. The van der Waals surface area contributed by atoms with Gasteiger partial charge in [0.2, 0.25) is 10.0 Å². The van der Waals surface area contributed by atoms with E-state index in [4.69, 9.17) is 4.74 Å². The first-order chi connectivity index (χ1) is 15.9. The molecule has 3 aromatic carbocycles. The average Bonchev–Trinajstić information content (AvgIpc) is 3.19. The maximum absolute atomic E-state index is 12.7. The summed E-state index contributed by atoms with van der Waals surface area (Å²) < 4.78 is 30.7. The van der Waals surface area contributed by atoms with E-state index < -0.39 is 10.0 Å². The first-order valence-electron chi connectivity index (χ1n) is 10.3. The van der Waals surface area contributed by atoms with Crippen molar-refractivity contribution in [3.8, 4) is 5.75 Å². The zero-order valence-corrected chi connectivity index (χ0v) is 18.8. The molecule has 0 spiro atoms. The van der Waals surface area contributed by atoms with E-state index >= 15 is 0 Å². The van der Waals surface area contributed by atoms with Gasteiger partial charge in [-0.2, -0.15) is 0 Å². The average molecular weight is 466 g/mol. The Labute approximate surface area is 192 Å². The molecule has 33 heavy (non-hydrogen) atoms. The molecule has 3 aromatic rings. The van der Waals surface area contributed by atoms with Gasteiger partial charge in [-0.15, -0.1) is 0 Å². The molecule has 1 fully saturated rings. The van der Waals surface area contributed by atoms with Gasteiger partial charge in [-0.25, -0.2) is 8.42 Å². The fourth-order valence-electron chi connectivity index (χ4n) is 3.52. The number of hydrogen-bond acceptors (Lipinski definition) is 5. The minimum atomic E-state index is -3.32. The largest absolute Gasteiger partial charge is 0.497 e. The van der Waals surface area contributed by atoms with Crippen molar-refractivity contribution in [2.45, 2.75) is 6.42 Å². The third-order valence-electron chi connectivity index (χ3n) is 5.25. The van der Waals surface area contributed by atoms with Crippen LogP contribution in [0.4, 0.5) is 17.1 Å². The van der Waals surface area contributed by atoms with E-state index in [9.17, 15) is 18.0 Å². The first kappa shape index (κ1) is 22.3. The summed E-state index contributed by atoms with van der Waals surface area (Å²) in [6.45, 7) is 0.410. The number of rotatable bonds is 6. The second-order valence-corrected chi connectivity index (χ2v) is 9.52. The van der Waals surface area contributed by atoms with Crippen molar-refractivity contribution in [2.24, 2.45) is 0 Å². The molecule has 0 aromatic heterocycles. The minimum absolute atomic E-state index is 0.113. The number of amides is 2. The molecular formula is C24H23N3O5S. The molecule has 1 heterocycles. The van der Waals surface area contributed by atoms with Crippen LogP contribution in [0.2, 0.25) is 0 Å². The molecule has 170 valence electrons. The summed E-state index contributed by atoms with van der Waals surface area (Å²) in [5, 5.41) is 5.57. The third kappa shape index (κ3) is 5.15. The quantitative estimate of drug-likeness (QED) is 0.577. The molecule has 1 aliphatic heterocycles. The molecule has 1 saturated heterocycles. The van der Waals surface area contributed by atoms with Gasteiger partial charge >= 0.3 is 0 Å². The van der Waals surface area contributed by atoms with Crippen molar-refractivity contribution in [1.29, 1.82) is 0 Å². The van der Waals surface area contributed by atoms with E-state index in [1.54, 1.807) is 79.9 Å². The Hall–Kier alpha value is -3.85. The number of anilines is 3. The second kappa shape index (κ2) is 9.33. The Morgan fingerprint density at radius 3 is 2.03 bits per heavy atom. The van der Waals surface area contributed by atoms with E-state index in [2.05, 4.69) is 10.6 Å². The molecule has 2 amide bonds. The molecule has 1 aliphatic rings. The molecule has 0 aliphatic carbocycles. The van der Waals surface area contributed by atoms with Crippen molar-refractivity contribution in [3.05, 3.63) is 83.9 Å². The van der Waals surface area contributed by atoms with Crippen LogP contribution in [-0.4, -0.2) is 39.6 Å². The summed E-state index contributed by atoms with van der Waals surface area (Å²) >= 11 is 0. The van der Waals surface area contributed by atoms with Gasteiger partial charge < -0.3 is 15.4 Å². The van der Waals surface area contributed by atoms with Crippen LogP contribution in [0, 0.1) is 0 Å². The lowest BCUT2D eigenvalue weighted by molar-refractivity contribution is 0.102. The van der Waals surface area contributed by atoms with Gasteiger partial charge in [-0.1, -0.05) is 6.07 Å². The molecule has 0 unspecified atom stereocenters. The number of nitrogens with zero attached hydrogens (tertiary/aromatic N) is 1. The molecular weight excluding hydrogens is 442 g/mol. The fourth-order valence-corrected chi connectivity index (χ4v) is 5.07. The Morgan fingerprint density at radius 2 is 1.45 bits per heavy atom. The Kier molecular flexibility index (Phi) is 6.32. The fraction of sp³-hybridized carbons (Fsp3) is 0.167. The first-order valence-corrected chi connectivity index (χ1v) is 11.9. The van der Waals surface area contributed by atoms with Crippen molar-refractivity contribution in [2.75, 3.05) is 34.3 Å². The lowest BCUT2D eigenvalue weighted by Crippen LogP contribution is -2.25. The minimum Gasteiger partial charge on any atom is -0.497 e. The van der Waals surface area contributed by atoms with Gasteiger partial charge in [-0.05, 0) is 73.2 Å². The summed E-state index contributed by atoms with van der Waals surface area (Å²) in [7, 11) is -1.75. The van der Waals surface area contributed by atoms with Crippen LogP contribution in [0.15, 0.2) is 72.8 Å². The summed E-state index contributed by atoms with van der Waals surface area (Å²) in [5.41, 5.74) is 2.41. The number of hydrogen-bond donors (Lipinski definition) is 2. The Bertz CT molecular complexity index is 1270. The number of methoxy groups -OCH3 is 1. The molecule has 0 bridgehead atoms. The van der Waals surface area contributed by atoms with Crippen LogP contribution in [0.25, 0.3) is 0 Å². The lowest BCUT2D eigenvalue weighted by Gasteiger charge is -2.17. The van der Waals surface area contributed by atoms with Crippen molar-refractivity contribution in [1.82, 2.24) is 0 Å². The highest BCUT2D eigenvalue weighted by Crippen LogP contribution is 2.25. The van der Waals surface area contributed by atoms with Gasteiger partial charge in [0.1, 0.15) is 5.75 Å². The van der Waals surface area contributed by atoms with Crippen molar-refractivity contribution in [3.63, 3.8) is 0 Å². The summed E-state index contributed by atoms with van der Waals surface area (Å²) in [5.74, 6) is 0.157. The highest BCUT2D eigenvalue weighted by Gasteiger charge is 2.28. The third-order valence-corrected chi connectivity index (χ3v) is 7.12. The predicted octanol–water partition coefficient (Wildman–Crippen LogP) is 3.74. The summed E-state index contributed by atoms with van der Waals surface area (Å²) in [6, 6.07) is 20.0. The highest BCUT2D eigenvalue weighted by molar-refractivity contribution is 7.93. The smallest absolute Gasteiger partial charge is 0.255 e. The van der Waals surface area contributed by atoms with E-state index in [0.29, 0.717) is 46.9 Å². The zero-order chi connectivity index (χ0) is 23.4. The van der Waals surface area contributed by atoms with E-state index in [1.807, 2.05) is 0 Å². The van der Waals surface area contributed by atoms with E-state index in [1.165, 1.54) is 4.31 Å². The van der Waals surface area contributed by atoms with Crippen molar-refractivity contribution < 1.29 is 22.7 Å². The molecule has 8 nitrogen and oxygen atoms in total. The van der Waals surface area contributed by atoms with E-state index in [0.717, 1.165) is 0 Å². The van der Waals surface area contributed by atoms with Gasteiger partial charge in [0.05, 0.1) is 18.6 Å². The Morgan fingerprint density at radius 1 is 0.848 bits per heavy atom. The maximum atomic E-state index is 12.7. The topological polar surface area (TPSA) is 105 Å². The molecule has 4 rings (SSSR count). The predicted molar refractivity (Wildman–Crippen MR) is 128 cm³/mol. The van der Waals surface area contributed by atoms with Gasteiger partial charge in [-0.3, -0.25) is 13.9 Å². The number of ether oxygens (including phenoxy) is 1. The van der Waals surface area contributed by atoms with Crippen molar-refractivity contribution >= 4 is 38.9 Å². The van der Waals surface area contributed by atoms with E-state index in [-0.39, 0.29) is 17.6 Å². The van der Waals surface area contributed by atoms with Gasteiger partial charge in [0.15, 0.2) is 0 Å². The number of carbonyl (C=O) groups is 2. The molecule has 2 N–H and O–H groups in total. The van der Waals surface area contributed by atoms with Crippen LogP contribution in [0.5, 0.6) is 5.75 Å². The molecule has 9 heteroatoms. The van der Waals surface area contributed by atoms with Crippen LogP contribution in [0.3, 0.4) is 0 Å². The van der Waals surface area contributed by atoms with Crippen LogP contribution < -0.4 is 19.7 Å². The maximum Gasteiger partial charge on any atom is 0.255 e. The number of nitrogens with one attached hydrogen (secondary N) is 2. The number of sulfonamides is 1. The molecule has 0 radical (unpaired) electrons. The monoisotopic (exact) mass is 465 g/mol. The van der Waals surface area contributed by atoms with Gasteiger partial charge in [0.25, 0.3) is 11.8 Å². The molecule has 0 atom stereocenters. The van der Waals surface area contributed by atoms with Crippen LogP contribution in [0.1, 0.15) is 27.1 Å². The second-order valence-electron chi connectivity index (χ2n) is 7.51. The number of carbonyl (C=O) groups excluding carboxylic acids is 2. The van der Waals surface area contributed by atoms with Crippen LogP contribution in [-0.2, 0) is 10.0 Å². The Balaban J connectivity index is 1.41. The summed E-state index contributed by atoms with van der Waals surface area (Å²) in [6.07, 6.45) is 0.567. The standard InChI is InChI=1S/C24H23N3O5S/c1-32-22-12-10-20(11-13-22)25-23(28)17-6-8-19(9-7-17)26-24(29)18-4-2-5-21(16-18)27-14-3-15-33(27,30)31/h2,4-13,16H,3,14-15H2,1H3,(H,25,28)(H,26,29). The van der Waals surface area contributed by atoms with Gasteiger partial charge in [0, 0.05) is 29.0 Å². The lowest BCUT2D eigenvalue weighted by atomic mass is 10.1. The van der Waals surface area contributed by atoms with Crippen LogP contribution >= 0.6 is 0 Å². The number of benzene rings is 3.